The van der Waals surface area contributed by atoms with E-state index in [0.717, 1.165) is 30.6 Å². The van der Waals surface area contributed by atoms with Crippen LogP contribution in [0.5, 0.6) is 0 Å². The smallest absolute Gasteiger partial charge is 0.320 e. The number of rotatable bonds is 7. The van der Waals surface area contributed by atoms with Crippen molar-refractivity contribution in [3.8, 4) is 0 Å². The zero-order valence-electron chi connectivity index (χ0n) is 14.6. The lowest BCUT2D eigenvalue weighted by atomic mass is 9.78. The van der Waals surface area contributed by atoms with Crippen LogP contribution in [0.25, 0.3) is 0 Å². The van der Waals surface area contributed by atoms with Crippen LogP contribution in [0.15, 0.2) is 12.2 Å². The average Bonchev–Trinajstić information content (AvgIpc) is 2.59. The molecular formula is C16H25O6PS2. The molecule has 0 aromatic carbocycles. The van der Waals surface area contributed by atoms with Gasteiger partial charge in [-0.2, -0.15) is 0 Å². The summed E-state index contributed by atoms with van der Waals surface area (Å²) < 4.78 is 21.9. The fourth-order valence-electron chi connectivity index (χ4n) is 2.70. The van der Waals surface area contributed by atoms with E-state index in [0.29, 0.717) is 13.2 Å². The van der Waals surface area contributed by atoms with Gasteiger partial charge in [-0.05, 0) is 44.9 Å². The third-order valence-corrected chi connectivity index (χ3v) is 9.42. The van der Waals surface area contributed by atoms with Gasteiger partial charge in [-0.3, -0.25) is 9.59 Å². The number of hydrogen-bond donors (Lipinski definition) is 0. The Balaban J connectivity index is 1.99. The van der Waals surface area contributed by atoms with Crippen molar-refractivity contribution in [2.75, 3.05) is 26.4 Å². The maximum atomic E-state index is 12.2. The second-order valence-electron chi connectivity index (χ2n) is 6.06. The van der Waals surface area contributed by atoms with E-state index in [-0.39, 0.29) is 25.0 Å². The topological polar surface area (TPSA) is 71.1 Å². The Morgan fingerprint density at radius 3 is 2.48 bits per heavy atom. The summed E-state index contributed by atoms with van der Waals surface area (Å²) in [7, 11) is 0. The highest BCUT2D eigenvalue weighted by Crippen LogP contribution is 2.67. The van der Waals surface area contributed by atoms with E-state index in [4.69, 9.17) is 30.3 Å². The highest BCUT2D eigenvalue weighted by Gasteiger charge is 2.42. The van der Waals surface area contributed by atoms with Crippen molar-refractivity contribution in [3.05, 3.63) is 12.2 Å². The molecule has 0 aromatic heterocycles. The van der Waals surface area contributed by atoms with Gasteiger partial charge in [0.25, 0.3) is 0 Å². The molecule has 0 aromatic rings. The standard InChI is InChI=1S/C16H25O6PS2/c1-3-19-14(17)10-13(15(18)20-4-2)25-23(24)21-11-16(12-22-23)8-6-5-7-9-16/h5-6,13H,3-4,7-12H2,1-2H3. The van der Waals surface area contributed by atoms with Crippen LogP contribution < -0.4 is 0 Å². The fourth-order valence-corrected chi connectivity index (χ4v) is 7.79. The SMILES string of the molecule is CCOC(=O)CC(SP1(=S)OCC2(CC=CCC2)CO1)C(=O)OCC. The monoisotopic (exact) mass is 408 g/mol. The number of hydrogen-bond acceptors (Lipinski definition) is 8. The van der Waals surface area contributed by atoms with E-state index in [1.807, 2.05) is 0 Å². The first-order valence-electron chi connectivity index (χ1n) is 8.47. The lowest BCUT2D eigenvalue weighted by molar-refractivity contribution is -0.149. The van der Waals surface area contributed by atoms with Gasteiger partial charge >= 0.3 is 11.9 Å². The molecule has 1 unspecified atom stereocenters. The van der Waals surface area contributed by atoms with E-state index >= 15 is 0 Å². The van der Waals surface area contributed by atoms with Gasteiger partial charge in [0.2, 0.25) is 5.69 Å². The molecule has 1 atom stereocenters. The van der Waals surface area contributed by atoms with Crippen molar-refractivity contribution < 1.29 is 28.1 Å². The fraction of sp³-hybridized carbons (Fsp3) is 0.750. The van der Waals surface area contributed by atoms with Crippen LogP contribution in [-0.2, 0) is 39.9 Å². The molecule has 6 nitrogen and oxygen atoms in total. The Morgan fingerprint density at radius 2 is 1.92 bits per heavy atom. The average molecular weight is 408 g/mol. The number of allylic oxidation sites excluding steroid dienone is 2. The zero-order chi connectivity index (χ0) is 18.3. The molecule has 1 spiro atoms. The number of carbonyl (C=O) groups excluding carboxylic acids is 2. The highest BCUT2D eigenvalue weighted by molar-refractivity contribution is 8.68. The van der Waals surface area contributed by atoms with E-state index in [1.165, 1.54) is 0 Å². The van der Waals surface area contributed by atoms with Gasteiger partial charge in [-0.1, -0.05) is 23.5 Å². The minimum Gasteiger partial charge on any atom is -0.466 e. The highest BCUT2D eigenvalue weighted by atomic mass is 32.9. The van der Waals surface area contributed by atoms with E-state index < -0.39 is 22.9 Å². The first kappa shape index (κ1) is 20.9. The summed E-state index contributed by atoms with van der Waals surface area (Å²) >= 11 is 6.66. The van der Waals surface area contributed by atoms with Crippen LogP contribution in [0.4, 0.5) is 0 Å². The third-order valence-electron chi connectivity index (χ3n) is 4.08. The quantitative estimate of drug-likeness (QED) is 0.360. The third kappa shape index (κ3) is 6.07. The van der Waals surface area contributed by atoms with Crippen molar-refractivity contribution >= 4 is 40.8 Å². The van der Waals surface area contributed by atoms with Gasteiger partial charge in [-0.15, -0.1) is 0 Å². The first-order chi connectivity index (χ1) is 11.9. The predicted molar refractivity (Wildman–Crippen MR) is 101 cm³/mol. The van der Waals surface area contributed by atoms with Gasteiger partial charge in [0.1, 0.15) is 5.25 Å². The summed E-state index contributed by atoms with van der Waals surface area (Å²) in [5.74, 6) is -0.946. The molecule has 0 bridgehead atoms. The van der Waals surface area contributed by atoms with Crippen LogP contribution >= 0.6 is 17.1 Å². The normalized spacial score (nSPS) is 30.0. The van der Waals surface area contributed by atoms with E-state index in [2.05, 4.69) is 12.2 Å². The summed E-state index contributed by atoms with van der Waals surface area (Å²) in [6, 6.07) is 0. The Morgan fingerprint density at radius 1 is 1.24 bits per heavy atom. The maximum Gasteiger partial charge on any atom is 0.320 e. The molecule has 9 heteroatoms. The van der Waals surface area contributed by atoms with Crippen LogP contribution in [-0.4, -0.2) is 43.6 Å². The van der Waals surface area contributed by atoms with Gasteiger partial charge in [0.15, 0.2) is 0 Å². The number of ether oxygens (including phenoxy) is 2. The number of esters is 2. The molecule has 1 heterocycles. The van der Waals surface area contributed by atoms with Gasteiger partial charge in [-0.25, -0.2) is 0 Å². The molecule has 0 saturated carbocycles. The lowest BCUT2D eigenvalue weighted by Crippen LogP contribution is -2.36. The minimum atomic E-state index is -2.70. The van der Waals surface area contributed by atoms with Gasteiger partial charge < -0.3 is 18.5 Å². The zero-order valence-corrected chi connectivity index (χ0v) is 17.1. The molecule has 1 fully saturated rings. The van der Waals surface area contributed by atoms with Crippen molar-refractivity contribution in [1.82, 2.24) is 0 Å². The van der Waals surface area contributed by atoms with Gasteiger partial charge in [0, 0.05) is 5.41 Å². The van der Waals surface area contributed by atoms with Crippen molar-refractivity contribution in [1.29, 1.82) is 0 Å². The van der Waals surface area contributed by atoms with Crippen molar-refractivity contribution in [2.24, 2.45) is 5.41 Å². The lowest BCUT2D eigenvalue weighted by Gasteiger charge is -2.42. The predicted octanol–water partition coefficient (Wildman–Crippen LogP) is 3.60. The second-order valence-corrected chi connectivity index (χ2v) is 12.5. The summed E-state index contributed by atoms with van der Waals surface area (Å²) in [6.07, 6.45) is 7.15. The first-order valence-corrected chi connectivity index (χ1v) is 12.6. The number of carbonyl (C=O) groups is 2. The van der Waals surface area contributed by atoms with Gasteiger partial charge in [0.05, 0.1) is 32.8 Å². The van der Waals surface area contributed by atoms with Crippen molar-refractivity contribution in [3.63, 3.8) is 0 Å². The summed E-state index contributed by atoms with van der Waals surface area (Å²) in [5, 5.41) is -0.773. The molecule has 2 rings (SSSR count). The van der Waals surface area contributed by atoms with Crippen LogP contribution in [0.2, 0.25) is 0 Å². The molecular weight excluding hydrogens is 383 g/mol. The molecule has 142 valence electrons. The molecule has 0 amide bonds. The molecule has 1 aliphatic heterocycles. The van der Waals surface area contributed by atoms with E-state index in [1.54, 1.807) is 13.8 Å². The molecule has 25 heavy (non-hydrogen) atoms. The van der Waals surface area contributed by atoms with E-state index in [9.17, 15) is 9.59 Å². The van der Waals surface area contributed by atoms with Crippen LogP contribution in [0, 0.1) is 5.41 Å². The molecule has 1 aliphatic carbocycles. The van der Waals surface area contributed by atoms with Crippen LogP contribution in [0.1, 0.15) is 39.5 Å². The Labute approximate surface area is 157 Å². The molecule has 1 saturated heterocycles. The molecule has 0 radical (unpaired) electrons. The Hall–Kier alpha value is -0.400. The summed E-state index contributed by atoms with van der Waals surface area (Å²) in [6.45, 7) is 4.98. The maximum absolute atomic E-state index is 12.2. The van der Waals surface area contributed by atoms with Crippen molar-refractivity contribution in [2.45, 2.75) is 44.8 Å². The molecule has 0 N–H and O–H groups in total. The summed E-state index contributed by atoms with van der Waals surface area (Å²) in [4.78, 5) is 24.0. The Bertz CT molecular complexity index is 553. The summed E-state index contributed by atoms with van der Waals surface area (Å²) in [5.41, 5.74) is -2.71. The molecule has 2 aliphatic rings. The minimum absolute atomic E-state index is 0.0157. The Kier molecular flexibility index (Phi) is 7.95. The van der Waals surface area contributed by atoms with Crippen LogP contribution in [0.3, 0.4) is 0 Å². The largest absolute Gasteiger partial charge is 0.466 e. The second kappa shape index (κ2) is 9.51.